The van der Waals surface area contributed by atoms with Gasteiger partial charge in [0.2, 0.25) is 0 Å². The lowest BCUT2D eigenvalue weighted by Crippen LogP contribution is -2.29. The minimum Gasteiger partial charge on any atom is -0.481 e. The lowest BCUT2D eigenvalue weighted by molar-refractivity contribution is -0.165. The molecule has 1 rings (SSSR count). The van der Waals surface area contributed by atoms with E-state index >= 15 is 0 Å². The quantitative estimate of drug-likeness (QED) is 0.372. The van der Waals surface area contributed by atoms with Gasteiger partial charge in [-0.2, -0.15) is 0 Å². The summed E-state index contributed by atoms with van der Waals surface area (Å²) < 4.78 is 16.5. The second kappa shape index (κ2) is 9.37. The summed E-state index contributed by atoms with van der Waals surface area (Å²) in [4.78, 5) is 23.3. The minimum atomic E-state index is -1.11. The molecule has 1 saturated heterocycles. The number of ether oxygens (including phenoxy) is 3. The summed E-state index contributed by atoms with van der Waals surface area (Å²) in [5.41, 5.74) is -0.172. The van der Waals surface area contributed by atoms with Crippen molar-refractivity contribution in [3.05, 3.63) is 0 Å². The molecule has 1 fully saturated rings. The summed E-state index contributed by atoms with van der Waals surface area (Å²) in [6.07, 6.45) is 4.31. The minimum absolute atomic E-state index is 0.172. The van der Waals surface area contributed by atoms with Crippen LogP contribution in [0.2, 0.25) is 0 Å². The van der Waals surface area contributed by atoms with E-state index in [1.807, 2.05) is 27.7 Å². The van der Waals surface area contributed by atoms with E-state index in [2.05, 4.69) is 0 Å². The fourth-order valence-corrected chi connectivity index (χ4v) is 2.67. The van der Waals surface area contributed by atoms with Crippen LogP contribution in [0, 0.1) is 11.3 Å². The number of unbranched alkanes of at least 4 members (excludes halogenated alkanes) is 2. The first-order valence-corrected chi connectivity index (χ1v) is 8.86. The van der Waals surface area contributed by atoms with Gasteiger partial charge in [0.1, 0.15) is 0 Å². The zero-order chi connectivity index (χ0) is 18.2. The topological polar surface area (TPSA) is 82.1 Å². The number of carboxylic acids is 1. The first-order chi connectivity index (χ1) is 11.2. The van der Waals surface area contributed by atoms with E-state index in [0.717, 1.165) is 25.7 Å². The number of carbonyl (C=O) groups is 2. The van der Waals surface area contributed by atoms with E-state index in [-0.39, 0.29) is 12.0 Å². The second-order valence-corrected chi connectivity index (χ2v) is 7.62. The highest BCUT2D eigenvalue weighted by atomic mass is 16.7. The Morgan fingerprint density at radius 2 is 1.79 bits per heavy atom. The van der Waals surface area contributed by atoms with Gasteiger partial charge in [-0.05, 0) is 24.7 Å². The summed E-state index contributed by atoms with van der Waals surface area (Å²) >= 11 is 0. The van der Waals surface area contributed by atoms with Crippen LogP contribution in [-0.4, -0.2) is 42.7 Å². The van der Waals surface area contributed by atoms with Crippen molar-refractivity contribution in [2.75, 3.05) is 19.8 Å². The van der Waals surface area contributed by atoms with Gasteiger partial charge >= 0.3 is 11.9 Å². The Kier molecular flexibility index (Phi) is 8.16. The van der Waals surface area contributed by atoms with Crippen LogP contribution in [0.3, 0.4) is 0 Å². The Balaban J connectivity index is 2.31. The van der Waals surface area contributed by atoms with Crippen molar-refractivity contribution < 1.29 is 28.9 Å². The van der Waals surface area contributed by atoms with Crippen LogP contribution in [-0.2, 0) is 23.8 Å². The van der Waals surface area contributed by atoms with Crippen molar-refractivity contribution in [3.63, 3.8) is 0 Å². The summed E-state index contributed by atoms with van der Waals surface area (Å²) in [5, 5.41) is 9.24. The van der Waals surface area contributed by atoms with Gasteiger partial charge in [0, 0.05) is 6.42 Å². The summed E-state index contributed by atoms with van der Waals surface area (Å²) in [6.45, 7) is 9.34. The number of esters is 1. The molecule has 0 aromatic carbocycles. The van der Waals surface area contributed by atoms with Gasteiger partial charge in [0.05, 0.1) is 19.8 Å². The summed E-state index contributed by atoms with van der Waals surface area (Å²) in [7, 11) is 0. The molecule has 1 aliphatic rings. The average Bonchev–Trinajstić information content (AvgIpc) is 2.97. The van der Waals surface area contributed by atoms with Crippen molar-refractivity contribution in [1.29, 1.82) is 0 Å². The van der Waals surface area contributed by atoms with Gasteiger partial charge < -0.3 is 19.3 Å². The van der Waals surface area contributed by atoms with E-state index in [1.165, 1.54) is 0 Å². The fourth-order valence-electron chi connectivity index (χ4n) is 2.67. The normalized spacial score (nSPS) is 18.3. The van der Waals surface area contributed by atoms with Gasteiger partial charge in [-0.15, -0.1) is 0 Å². The van der Waals surface area contributed by atoms with E-state index in [1.54, 1.807) is 0 Å². The molecule has 1 N–H and O–H groups in total. The fraction of sp³-hybridized carbons (Fsp3) is 0.889. The smallest absolute Gasteiger partial charge is 0.320 e. The van der Waals surface area contributed by atoms with Crippen molar-refractivity contribution >= 4 is 11.9 Å². The highest BCUT2D eigenvalue weighted by molar-refractivity contribution is 5.93. The largest absolute Gasteiger partial charge is 0.481 e. The Morgan fingerprint density at radius 3 is 2.29 bits per heavy atom. The molecule has 0 aliphatic carbocycles. The van der Waals surface area contributed by atoms with Gasteiger partial charge in [-0.1, -0.05) is 40.5 Å². The molecule has 24 heavy (non-hydrogen) atoms. The number of carbonyl (C=O) groups excluding carboxylic acids is 1. The van der Waals surface area contributed by atoms with Crippen molar-refractivity contribution in [2.45, 2.75) is 72.0 Å². The van der Waals surface area contributed by atoms with Crippen molar-refractivity contribution in [2.24, 2.45) is 11.3 Å². The number of rotatable bonds is 10. The maximum Gasteiger partial charge on any atom is 0.320 e. The van der Waals surface area contributed by atoms with Crippen LogP contribution < -0.4 is 0 Å². The molecule has 1 heterocycles. The Labute approximate surface area is 144 Å². The molecular weight excluding hydrogens is 312 g/mol. The molecule has 1 unspecified atom stereocenters. The third kappa shape index (κ3) is 7.18. The molecule has 0 aromatic heterocycles. The van der Waals surface area contributed by atoms with Crippen LogP contribution in [0.5, 0.6) is 0 Å². The molecule has 1 atom stereocenters. The third-order valence-electron chi connectivity index (χ3n) is 4.13. The van der Waals surface area contributed by atoms with Crippen molar-refractivity contribution in [1.82, 2.24) is 0 Å². The maximum absolute atomic E-state index is 12.0. The molecule has 1 aliphatic heterocycles. The molecule has 6 heteroatoms. The monoisotopic (exact) mass is 344 g/mol. The Morgan fingerprint density at radius 1 is 1.17 bits per heavy atom. The summed E-state index contributed by atoms with van der Waals surface area (Å²) in [5.74, 6) is -3.28. The summed E-state index contributed by atoms with van der Waals surface area (Å²) in [6, 6.07) is 0. The highest BCUT2D eigenvalue weighted by Crippen LogP contribution is 2.29. The number of hydrogen-bond donors (Lipinski definition) is 1. The molecule has 0 aromatic rings. The molecular formula is C18H32O6. The predicted octanol–water partition coefficient (Wildman–Crippen LogP) is 3.38. The maximum atomic E-state index is 12.0. The van der Waals surface area contributed by atoms with Gasteiger partial charge in [0.25, 0.3) is 0 Å². The molecule has 0 radical (unpaired) electrons. The van der Waals surface area contributed by atoms with Gasteiger partial charge in [0.15, 0.2) is 11.7 Å². The van der Waals surface area contributed by atoms with Crippen LogP contribution in [0.4, 0.5) is 0 Å². The Bertz CT molecular complexity index is 406. The van der Waals surface area contributed by atoms with Crippen LogP contribution in [0.1, 0.15) is 66.2 Å². The van der Waals surface area contributed by atoms with Crippen LogP contribution in [0.15, 0.2) is 0 Å². The SMILES string of the molecule is CCC1(CCCCCC(C(=O)O)C(=O)OCC(C)(C)C)OCCO1. The van der Waals surface area contributed by atoms with Gasteiger partial charge in [-0.3, -0.25) is 9.59 Å². The standard InChI is InChI=1S/C18H32O6/c1-5-18(23-11-12-24-18)10-8-6-7-9-14(15(19)20)16(21)22-13-17(2,3)4/h14H,5-13H2,1-4H3,(H,19,20). The zero-order valence-electron chi connectivity index (χ0n) is 15.4. The number of hydrogen-bond acceptors (Lipinski definition) is 5. The van der Waals surface area contributed by atoms with Crippen LogP contribution >= 0.6 is 0 Å². The first kappa shape index (κ1) is 20.9. The molecule has 0 saturated carbocycles. The third-order valence-corrected chi connectivity index (χ3v) is 4.13. The average molecular weight is 344 g/mol. The number of aliphatic carboxylic acids is 1. The zero-order valence-corrected chi connectivity index (χ0v) is 15.4. The van der Waals surface area contributed by atoms with Gasteiger partial charge in [-0.25, -0.2) is 0 Å². The number of carboxylic acid groups (broad SMARTS) is 1. The molecule has 0 amide bonds. The van der Waals surface area contributed by atoms with Crippen molar-refractivity contribution in [3.8, 4) is 0 Å². The highest BCUT2D eigenvalue weighted by Gasteiger charge is 2.34. The van der Waals surface area contributed by atoms with E-state index in [9.17, 15) is 14.7 Å². The van der Waals surface area contributed by atoms with Crippen LogP contribution in [0.25, 0.3) is 0 Å². The lowest BCUT2D eigenvalue weighted by Gasteiger charge is -2.25. The van der Waals surface area contributed by atoms with E-state index in [4.69, 9.17) is 14.2 Å². The van der Waals surface area contributed by atoms with E-state index < -0.39 is 23.6 Å². The first-order valence-electron chi connectivity index (χ1n) is 8.86. The molecule has 0 spiro atoms. The lowest BCUT2D eigenvalue weighted by atomic mass is 9.97. The molecule has 0 bridgehead atoms. The Hall–Kier alpha value is -1.14. The molecule has 6 nitrogen and oxygen atoms in total. The predicted molar refractivity (Wildman–Crippen MR) is 89.6 cm³/mol. The van der Waals surface area contributed by atoms with E-state index in [0.29, 0.717) is 26.1 Å². The molecule has 140 valence electrons. The second-order valence-electron chi connectivity index (χ2n) is 7.62.